The minimum Gasteiger partial charge on any atom is -0.324 e. The van der Waals surface area contributed by atoms with E-state index in [0.717, 1.165) is 40.9 Å². The van der Waals surface area contributed by atoms with Gasteiger partial charge in [-0.1, -0.05) is 33.6 Å². The topological polar surface area (TPSA) is 49.8 Å². The Kier molecular flexibility index (Phi) is 3.68. The Labute approximate surface area is 124 Å². The van der Waals surface area contributed by atoms with Crippen molar-refractivity contribution in [3.8, 4) is 0 Å². The lowest BCUT2D eigenvalue weighted by Gasteiger charge is -2.18. The minimum absolute atomic E-state index is 0.533. The molecule has 1 aromatic heterocycles. The molecule has 0 amide bonds. The first-order chi connectivity index (χ1) is 9.22. The molecule has 0 fully saturated rings. The number of nitrogens with one attached hydrogen (secondary N) is 2. The van der Waals surface area contributed by atoms with E-state index < -0.39 is 0 Å². The normalized spacial score (nSPS) is 14.0. The molecule has 2 N–H and O–H groups in total. The van der Waals surface area contributed by atoms with Crippen molar-refractivity contribution in [2.75, 3.05) is 11.9 Å². The molecule has 1 aromatic carbocycles. The lowest BCUT2D eigenvalue weighted by atomic mass is 10.1. The first-order valence-corrected chi connectivity index (χ1v) is 7.18. The molecule has 1 aliphatic heterocycles. The molecular weight excluding hydrogens is 328 g/mol. The van der Waals surface area contributed by atoms with Gasteiger partial charge in [0.05, 0.1) is 5.69 Å². The molecule has 98 valence electrons. The summed E-state index contributed by atoms with van der Waals surface area (Å²) < 4.78 is 1.00. The molecular formula is C13H12BrClN4. The number of hydrogen-bond donors (Lipinski definition) is 2. The van der Waals surface area contributed by atoms with Crippen LogP contribution in [0.5, 0.6) is 0 Å². The fourth-order valence-corrected chi connectivity index (χ4v) is 2.75. The second-order valence-corrected chi connectivity index (χ2v) is 5.60. The SMILES string of the molecule is Clc1nc(Nc2cccc(Br)c2)nc2c1CCNC2. The average Bonchev–Trinajstić information content (AvgIpc) is 2.39. The van der Waals surface area contributed by atoms with Gasteiger partial charge in [-0.15, -0.1) is 0 Å². The lowest BCUT2D eigenvalue weighted by molar-refractivity contribution is 0.624. The van der Waals surface area contributed by atoms with Gasteiger partial charge >= 0.3 is 0 Å². The molecule has 6 heteroatoms. The van der Waals surface area contributed by atoms with Gasteiger partial charge in [-0.2, -0.15) is 0 Å². The van der Waals surface area contributed by atoms with E-state index in [1.54, 1.807) is 0 Å². The van der Waals surface area contributed by atoms with Crippen LogP contribution in [0.4, 0.5) is 11.6 Å². The molecule has 0 spiro atoms. The summed E-state index contributed by atoms with van der Waals surface area (Å²) in [6, 6.07) is 7.85. The van der Waals surface area contributed by atoms with Crippen molar-refractivity contribution in [1.29, 1.82) is 0 Å². The average molecular weight is 340 g/mol. The summed E-state index contributed by atoms with van der Waals surface area (Å²) in [5.41, 5.74) is 2.96. The number of benzene rings is 1. The molecule has 0 radical (unpaired) electrons. The summed E-state index contributed by atoms with van der Waals surface area (Å²) >= 11 is 9.65. The predicted octanol–water partition coefficient (Wildman–Crippen LogP) is 3.28. The Morgan fingerprint density at radius 2 is 2.21 bits per heavy atom. The van der Waals surface area contributed by atoms with Gasteiger partial charge < -0.3 is 10.6 Å². The summed E-state index contributed by atoms with van der Waals surface area (Å²) in [6.45, 7) is 1.67. The molecule has 19 heavy (non-hydrogen) atoms. The second kappa shape index (κ2) is 5.45. The predicted molar refractivity (Wildman–Crippen MR) is 79.9 cm³/mol. The zero-order valence-electron chi connectivity index (χ0n) is 10.1. The van der Waals surface area contributed by atoms with Crippen molar-refractivity contribution in [3.63, 3.8) is 0 Å². The lowest BCUT2D eigenvalue weighted by Crippen LogP contribution is -2.25. The van der Waals surface area contributed by atoms with Gasteiger partial charge in [0.15, 0.2) is 0 Å². The third-order valence-electron chi connectivity index (χ3n) is 2.97. The van der Waals surface area contributed by atoms with E-state index in [4.69, 9.17) is 11.6 Å². The molecule has 0 atom stereocenters. The maximum absolute atomic E-state index is 6.22. The number of halogens is 2. The smallest absolute Gasteiger partial charge is 0.228 e. The van der Waals surface area contributed by atoms with E-state index in [9.17, 15) is 0 Å². The summed E-state index contributed by atoms with van der Waals surface area (Å²) in [7, 11) is 0. The number of aromatic nitrogens is 2. The quantitative estimate of drug-likeness (QED) is 0.825. The fraction of sp³-hybridized carbons (Fsp3) is 0.231. The Morgan fingerprint density at radius 1 is 1.32 bits per heavy atom. The van der Waals surface area contributed by atoms with Crippen LogP contribution in [0.15, 0.2) is 28.7 Å². The van der Waals surface area contributed by atoms with Crippen LogP contribution in [0.2, 0.25) is 5.15 Å². The van der Waals surface area contributed by atoms with E-state index >= 15 is 0 Å². The summed E-state index contributed by atoms with van der Waals surface area (Å²) in [4.78, 5) is 8.83. The maximum atomic E-state index is 6.22. The number of hydrogen-bond acceptors (Lipinski definition) is 4. The van der Waals surface area contributed by atoms with E-state index in [1.165, 1.54) is 0 Å². The molecule has 0 unspecified atom stereocenters. The first kappa shape index (κ1) is 12.8. The highest BCUT2D eigenvalue weighted by Gasteiger charge is 2.16. The highest BCUT2D eigenvalue weighted by molar-refractivity contribution is 9.10. The zero-order chi connectivity index (χ0) is 13.2. The van der Waals surface area contributed by atoms with Gasteiger partial charge in [0.25, 0.3) is 0 Å². The Bertz CT molecular complexity index is 618. The molecule has 0 saturated carbocycles. The number of nitrogens with zero attached hydrogens (tertiary/aromatic N) is 2. The van der Waals surface area contributed by atoms with Crippen LogP contribution in [-0.4, -0.2) is 16.5 Å². The Hall–Kier alpha value is -1.17. The fourth-order valence-electron chi connectivity index (χ4n) is 2.06. The van der Waals surface area contributed by atoms with Crippen molar-refractivity contribution in [1.82, 2.24) is 15.3 Å². The van der Waals surface area contributed by atoms with Crippen LogP contribution in [0.1, 0.15) is 11.3 Å². The third-order valence-corrected chi connectivity index (χ3v) is 3.77. The van der Waals surface area contributed by atoms with Crippen molar-refractivity contribution >= 4 is 39.2 Å². The van der Waals surface area contributed by atoms with Crippen LogP contribution in [-0.2, 0) is 13.0 Å². The van der Waals surface area contributed by atoms with E-state index in [-0.39, 0.29) is 0 Å². The summed E-state index contributed by atoms with van der Waals surface area (Å²) in [5.74, 6) is 0.533. The summed E-state index contributed by atoms with van der Waals surface area (Å²) in [6.07, 6.45) is 0.880. The van der Waals surface area contributed by atoms with Crippen LogP contribution in [0.3, 0.4) is 0 Å². The van der Waals surface area contributed by atoms with Crippen LogP contribution in [0.25, 0.3) is 0 Å². The number of anilines is 2. The molecule has 4 nitrogen and oxygen atoms in total. The van der Waals surface area contributed by atoms with E-state index in [1.807, 2.05) is 24.3 Å². The molecule has 0 bridgehead atoms. The highest BCUT2D eigenvalue weighted by Crippen LogP contribution is 2.24. The molecule has 2 heterocycles. The van der Waals surface area contributed by atoms with Gasteiger partial charge in [0, 0.05) is 22.3 Å². The van der Waals surface area contributed by atoms with Crippen molar-refractivity contribution in [3.05, 3.63) is 45.1 Å². The van der Waals surface area contributed by atoms with Crippen LogP contribution >= 0.6 is 27.5 Å². The van der Waals surface area contributed by atoms with E-state index in [2.05, 4.69) is 36.5 Å². The molecule has 0 saturated heterocycles. The minimum atomic E-state index is 0.533. The Morgan fingerprint density at radius 3 is 3.05 bits per heavy atom. The van der Waals surface area contributed by atoms with Gasteiger partial charge in [0.1, 0.15) is 5.15 Å². The molecule has 1 aliphatic rings. The van der Waals surface area contributed by atoms with Crippen molar-refractivity contribution in [2.45, 2.75) is 13.0 Å². The molecule has 0 aliphatic carbocycles. The van der Waals surface area contributed by atoms with E-state index in [0.29, 0.717) is 11.1 Å². The largest absolute Gasteiger partial charge is 0.324 e. The Balaban J connectivity index is 1.91. The van der Waals surface area contributed by atoms with Gasteiger partial charge in [-0.25, -0.2) is 9.97 Å². The highest BCUT2D eigenvalue weighted by atomic mass is 79.9. The van der Waals surface area contributed by atoms with Gasteiger partial charge in [-0.3, -0.25) is 0 Å². The van der Waals surface area contributed by atoms with Crippen molar-refractivity contribution in [2.24, 2.45) is 0 Å². The van der Waals surface area contributed by atoms with Crippen LogP contribution < -0.4 is 10.6 Å². The van der Waals surface area contributed by atoms with Crippen molar-refractivity contribution < 1.29 is 0 Å². The standard InChI is InChI=1S/C13H12BrClN4/c14-8-2-1-3-9(6-8)17-13-18-11-7-16-5-4-10(11)12(15)19-13/h1-3,6,16H,4-5,7H2,(H,17,18,19). The zero-order valence-corrected chi connectivity index (χ0v) is 12.4. The second-order valence-electron chi connectivity index (χ2n) is 4.33. The maximum Gasteiger partial charge on any atom is 0.228 e. The summed E-state index contributed by atoms with van der Waals surface area (Å²) in [5, 5.41) is 7.00. The van der Waals surface area contributed by atoms with Gasteiger partial charge in [-0.05, 0) is 31.2 Å². The number of fused-ring (bicyclic) bond motifs is 1. The van der Waals surface area contributed by atoms with Gasteiger partial charge in [0.2, 0.25) is 5.95 Å². The van der Waals surface area contributed by atoms with Crippen LogP contribution in [0, 0.1) is 0 Å². The first-order valence-electron chi connectivity index (χ1n) is 6.01. The third kappa shape index (κ3) is 2.88. The molecule has 3 rings (SSSR count). The monoisotopic (exact) mass is 338 g/mol. The number of rotatable bonds is 2. The molecule has 2 aromatic rings.